The number of anilines is 1. The third-order valence-corrected chi connectivity index (χ3v) is 9.25. The first-order chi connectivity index (χ1) is 15.6. The highest BCUT2D eigenvalue weighted by Crippen LogP contribution is 2.62. The first-order valence-corrected chi connectivity index (χ1v) is 13.1. The second kappa shape index (κ2) is 8.30. The maximum Gasteiger partial charge on any atom is 0.192 e. The van der Waals surface area contributed by atoms with Crippen LogP contribution in [0.3, 0.4) is 0 Å². The third kappa shape index (κ3) is 3.64. The van der Waals surface area contributed by atoms with E-state index in [1.807, 2.05) is 0 Å². The summed E-state index contributed by atoms with van der Waals surface area (Å²) in [7, 11) is 0. The number of nitrogens with one attached hydrogen (secondary N) is 1. The number of benzene rings is 1. The lowest BCUT2D eigenvalue weighted by atomic mass is 9.48. The maximum absolute atomic E-state index is 6.03. The summed E-state index contributed by atoms with van der Waals surface area (Å²) in [5.74, 6) is 2.84. The van der Waals surface area contributed by atoms with Crippen LogP contribution in [0, 0.1) is 23.2 Å². The maximum atomic E-state index is 6.03. The van der Waals surface area contributed by atoms with Crippen LogP contribution in [-0.2, 0) is 0 Å². The number of hydrazine groups is 1. The van der Waals surface area contributed by atoms with E-state index < -0.39 is 0 Å². The monoisotopic (exact) mass is 451 g/mol. The molecule has 1 aromatic rings. The van der Waals surface area contributed by atoms with Gasteiger partial charge in [0, 0.05) is 43.5 Å². The van der Waals surface area contributed by atoms with E-state index >= 15 is 0 Å². The van der Waals surface area contributed by atoms with Crippen molar-refractivity contribution in [3.8, 4) is 0 Å². The van der Waals surface area contributed by atoms with Gasteiger partial charge in [0.25, 0.3) is 0 Å². The average Bonchev–Trinajstić information content (AvgIpc) is 3.10. The fourth-order valence-electron chi connectivity index (χ4n) is 7.86. The van der Waals surface area contributed by atoms with Crippen molar-refractivity contribution < 1.29 is 0 Å². The number of thiocarbonyl (C=S) groups is 1. The molecule has 32 heavy (non-hydrogen) atoms. The zero-order valence-corrected chi connectivity index (χ0v) is 20.1. The van der Waals surface area contributed by atoms with Crippen molar-refractivity contribution in [3.63, 3.8) is 0 Å². The first-order valence-electron chi connectivity index (χ1n) is 12.6. The summed E-state index contributed by atoms with van der Waals surface area (Å²) in [6.07, 6.45) is 13.3. The summed E-state index contributed by atoms with van der Waals surface area (Å²) in [4.78, 5) is 7.44. The van der Waals surface area contributed by atoms with Gasteiger partial charge in [-0.3, -0.25) is 9.91 Å². The number of para-hydroxylation sites is 1. The van der Waals surface area contributed by atoms with E-state index in [1.165, 1.54) is 44.2 Å². The van der Waals surface area contributed by atoms with Gasteiger partial charge in [0.1, 0.15) is 6.17 Å². The van der Waals surface area contributed by atoms with Crippen LogP contribution in [0.2, 0.25) is 0 Å². The molecule has 5 nitrogen and oxygen atoms in total. The van der Waals surface area contributed by atoms with Gasteiger partial charge in [0.05, 0.1) is 6.67 Å². The molecule has 1 aromatic carbocycles. The minimum atomic E-state index is 0.324. The molecule has 6 aliphatic rings. The minimum Gasteiger partial charge on any atom is -0.369 e. The van der Waals surface area contributed by atoms with Crippen molar-refractivity contribution in [2.24, 2.45) is 23.2 Å². The van der Waals surface area contributed by atoms with E-state index in [4.69, 9.17) is 12.2 Å². The fraction of sp³-hybridized carbons (Fsp3) is 0.654. The molecule has 0 amide bonds. The van der Waals surface area contributed by atoms with Crippen LogP contribution in [0.5, 0.6) is 0 Å². The van der Waals surface area contributed by atoms with Crippen molar-refractivity contribution in [2.75, 3.05) is 37.7 Å². The lowest BCUT2D eigenvalue weighted by Gasteiger charge is -2.59. The zero-order valence-electron chi connectivity index (χ0n) is 19.3. The highest BCUT2D eigenvalue weighted by Gasteiger charge is 2.57. The molecule has 2 aliphatic heterocycles. The molecular formula is C26H37N5S. The lowest BCUT2D eigenvalue weighted by molar-refractivity contribution is -0.0934. The first kappa shape index (κ1) is 20.9. The van der Waals surface area contributed by atoms with Crippen molar-refractivity contribution in [2.45, 2.75) is 51.6 Å². The van der Waals surface area contributed by atoms with Crippen LogP contribution in [0.1, 0.15) is 45.4 Å². The summed E-state index contributed by atoms with van der Waals surface area (Å²) >= 11 is 6.03. The molecule has 6 fully saturated rings. The molecule has 2 heterocycles. The van der Waals surface area contributed by atoms with Gasteiger partial charge in [0.2, 0.25) is 0 Å². The Labute approximate surface area is 198 Å². The van der Waals surface area contributed by atoms with Crippen molar-refractivity contribution >= 4 is 23.0 Å². The SMILES string of the molecule is C/C=C/N1C(=S)N(CN2CCN(c3ccccc3)CC2)NC1C12CC3CC(CC(C3)C1)C2. The molecule has 0 aromatic heterocycles. The van der Waals surface area contributed by atoms with Gasteiger partial charge >= 0.3 is 0 Å². The van der Waals surface area contributed by atoms with E-state index in [1.54, 1.807) is 0 Å². The fourth-order valence-corrected chi connectivity index (χ4v) is 8.13. The Morgan fingerprint density at radius 2 is 1.59 bits per heavy atom. The highest BCUT2D eigenvalue weighted by molar-refractivity contribution is 7.80. The highest BCUT2D eigenvalue weighted by atomic mass is 32.1. The molecule has 4 aliphatic carbocycles. The van der Waals surface area contributed by atoms with Crippen LogP contribution >= 0.6 is 12.2 Å². The number of nitrogens with zero attached hydrogens (tertiary/aromatic N) is 4. The largest absolute Gasteiger partial charge is 0.369 e. The Bertz CT molecular complexity index is 827. The van der Waals surface area contributed by atoms with Gasteiger partial charge in [-0.05, 0) is 87.6 Å². The van der Waals surface area contributed by atoms with E-state index in [0.717, 1.165) is 55.7 Å². The molecule has 2 saturated heterocycles. The van der Waals surface area contributed by atoms with Gasteiger partial charge < -0.3 is 9.80 Å². The van der Waals surface area contributed by atoms with E-state index in [9.17, 15) is 0 Å². The van der Waals surface area contributed by atoms with Gasteiger partial charge in [-0.2, -0.15) is 0 Å². The van der Waals surface area contributed by atoms with E-state index in [0.29, 0.717) is 11.6 Å². The Kier molecular flexibility index (Phi) is 5.43. The second-order valence-electron chi connectivity index (χ2n) is 11.0. The van der Waals surface area contributed by atoms with E-state index in [-0.39, 0.29) is 0 Å². The molecule has 4 saturated carbocycles. The predicted octanol–water partition coefficient (Wildman–Crippen LogP) is 4.25. The molecule has 4 bridgehead atoms. The van der Waals surface area contributed by atoms with Crippen LogP contribution in [-0.4, -0.2) is 58.9 Å². The van der Waals surface area contributed by atoms with Crippen molar-refractivity contribution in [3.05, 3.63) is 42.6 Å². The topological polar surface area (TPSA) is 25.0 Å². The number of allylic oxidation sites excluding steroid dienone is 1. The Morgan fingerprint density at radius 3 is 2.19 bits per heavy atom. The Morgan fingerprint density at radius 1 is 0.969 bits per heavy atom. The number of piperazine rings is 1. The second-order valence-corrected chi connectivity index (χ2v) is 11.4. The molecule has 1 N–H and O–H groups in total. The molecule has 1 unspecified atom stereocenters. The molecule has 172 valence electrons. The molecule has 7 rings (SSSR count). The molecule has 0 spiro atoms. The summed E-state index contributed by atoms with van der Waals surface area (Å²) in [6, 6.07) is 10.8. The minimum absolute atomic E-state index is 0.324. The lowest BCUT2D eigenvalue weighted by Crippen LogP contribution is -2.59. The predicted molar refractivity (Wildman–Crippen MR) is 134 cm³/mol. The summed E-state index contributed by atoms with van der Waals surface area (Å²) in [5.41, 5.74) is 5.66. The number of hydrogen-bond acceptors (Lipinski definition) is 4. The standard InChI is InChI=1S/C26H37N5S/c1-2-8-30-24(26-16-20-13-21(17-26)15-22(14-20)18-26)27-31(25(30)32)19-28-9-11-29(12-10-28)23-6-4-3-5-7-23/h2-8,20-22,24,27H,9-19H2,1H3/b8-2+. The molecule has 0 radical (unpaired) electrons. The average molecular weight is 452 g/mol. The van der Waals surface area contributed by atoms with Gasteiger partial charge in [0.15, 0.2) is 5.11 Å². The Balaban J connectivity index is 1.14. The number of rotatable bonds is 5. The molecule has 1 atom stereocenters. The normalized spacial score (nSPS) is 37.3. The van der Waals surface area contributed by atoms with Crippen LogP contribution in [0.15, 0.2) is 42.6 Å². The number of hydrogen-bond donors (Lipinski definition) is 1. The van der Waals surface area contributed by atoms with Crippen molar-refractivity contribution in [1.29, 1.82) is 0 Å². The van der Waals surface area contributed by atoms with Crippen LogP contribution in [0.4, 0.5) is 5.69 Å². The smallest absolute Gasteiger partial charge is 0.192 e. The van der Waals surface area contributed by atoms with Crippen molar-refractivity contribution in [1.82, 2.24) is 20.2 Å². The van der Waals surface area contributed by atoms with Crippen LogP contribution in [0.25, 0.3) is 0 Å². The zero-order chi connectivity index (χ0) is 21.7. The summed E-state index contributed by atoms with van der Waals surface area (Å²) in [6.45, 7) is 7.27. The van der Waals surface area contributed by atoms with E-state index in [2.05, 4.69) is 74.7 Å². The van der Waals surface area contributed by atoms with Crippen LogP contribution < -0.4 is 10.3 Å². The Hall–Kier alpha value is -1.63. The summed E-state index contributed by atoms with van der Waals surface area (Å²) < 4.78 is 0. The summed E-state index contributed by atoms with van der Waals surface area (Å²) in [5, 5.41) is 3.23. The van der Waals surface area contributed by atoms with Gasteiger partial charge in [-0.25, -0.2) is 5.43 Å². The molecular weight excluding hydrogens is 414 g/mol. The quantitative estimate of drug-likeness (QED) is 0.672. The molecule has 6 heteroatoms. The van der Waals surface area contributed by atoms with Gasteiger partial charge in [-0.1, -0.05) is 24.3 Å². The third-order valence-electron chi connectivity index (χ3n) is 8.82. The van der Waals surface area contributed by atoms with Gasteiger partial charge in [-0.15, -0.1) is 0 Å².